The highest BCUT2D eigenvalue weighted by Crippen LogP contribution is 2.13. The number of hydrogen-bond donors (Lipinski definition) is 1. The fourth-order valence-corrected chi connectivity index (χ4v) is 0.659. The van der Waals surface area contributed by atoms with Gasteiger partial charge in [-0.1, -0.05) is 0 Å². The largest absolute Gasteiger partial charge is 0.379 e. The molecular weight excluding hydrogens is 128 g/mol. The van der Waals surface area contributed by atoms with Crippen LogP contribution in [0.2, 0.25) is 0 Å². The van der Waals surface area contributed by atoms with Gasteiger partial charge in [-0.25, -0.2) is 0 Å². The Morgan fingerprint density at radius 2 is 2.20 bits per heavy atom. The second kappa shape index (κ2) is 3.55. The van der Waals surface area contributed by atoms with Crippen molar-refractivity contribution in [3.63, 3.8) is 0 Å². The molecule has 0 aliphatic carbocycles. The van der Waals surface area contributed by atoms with E-state index in [1.165, 1.54) is 0 Å². The van der Waals surface area contributed by atoms with Crippen LogP contribution in [0.15, 0.2) is 0 Å². The van der Waals surface area contributed by atoms with Crippen LogP contribution >= 0.6 is 0 Å². The number of nitrogens with zero attached hydrogens (tertiary/aromatic N) is 1. The minimum atomic E-state index is -0.421. The summed E-state index contributed by atoms with van der Waals surface area (Å²) in [4.78, 5) is 0. The van der Waals surface area contributed by atoms with Gasteiger partial charge in [0.05, 0.1) is 17.7 Å². The van der Waals surface area contributed by atoms with Crippen LogP contribution in [0.3, 0.4) is 0 Å². The van der Waals surface area contributed by atoms with Gasteiger partial charge in [-0.05, 0) is 13.8 Å². The number of hydrogen-bond acceptors (Lipinski definition) is 3. The standard InChI is InChI=1S/C7H14N2O/c1-7(2,10-3)4-6(9)5-8/h6H,4,9H2,1-3H3. The predicted molar refractivity (Wildman–Crippen MR) is 39.3 cm³/mol. The van der Waals surface area contributed by atoms with Crippen LogP contribution in [-0.4, -0.2) is 18.8 Å². The summed E-state index contributed by atoms with van der Waals surface area (Å²) in [5, 5.41) is 8.36. The van der Waals surface area contributed by atoms with E-state index in [-0.39, 0.29) is 5.60 Å². The zero-order chi connectivity index (χ0) is 8.20. The van der Waals surface area contributed by atoms with Crippen molar-refractivity contribution >= 4 is 0 Å². The lowest BCUT2D eigenvalue weighted by molar-refractivity contribution is 0.0137. The number of nitrogens with two attached hydrogens (primary N) is 1. The Hall–Kier alpha value is -0.590. The summed E-state index contributed by atoms with van der Waals surface area (Å²) in [5.41, 5.74) is 5.11. The molecule has 0 saturated heterocycles. The molecule has 58 valence electrons. The molecule has 1 atom stereocenters. The lowest BCUT2D eigenvalue weighted by atomic mass is 10.0. The van der Waals surface area contributed by atoms with E-state index in [0.29, 0.717) is 6.42 Å². The van der Waals surface area contributed by atoms with E-state index < -0.39 is 6.04 Å². The summed E-state index contributed by atoms with van der Waals surface area (Å²) in [5.74, 6) is 0. The minimum Gasteiger partial charge on any atom is -0.379 e. The van der Waals surface area contributed by atoms with Crippen molar-refractivity contribution in [1.82, 2.24) is 0 Å². The van der Waals surface area contributed by atoms with Gasteiger partial charge < -0.3 is 10.5 Å². The molecule has 0 amide bonds. The van der Waals surface area contributed by atoms with Crippen LogP contribution in [0, 0.1) is 11.3 Å². The van der Waals surface area contributed by atoms with Crippen molar-refractivity contribution in [3.8, 4) is 6.07 Å². The molecule has 3 heteroatoms. The summed E-state index contributed by atoms with van der Waals surface area (Å²) in [7, 11) is 1.62. The van der Waals surface area contributed by atoms with E-state index in [0.717, 1.165) is 0 Å². The van der Waals surface area contributed by atoms with Crippen LogP contribution < -0.4 is 5.73 Å². The molecule has 0 aromatic heterocycles. The van der Waals surface area contributed by atoms with Crippen LogP contribution in [0.1, 0.15) is 20.3 Å². The van der Waals surface area contributed by atoms with Crippen molar-refractivity contribution < 1.29 is 4.74 Å². The SMILES string of the molecule is COC(C)(C)CC(N)C#N. The first-order valence-corrected chi connectivity index (χ1v) is 3.22. The van der Waals surface area contributed by atoms with Crippen LogP contribution in [-0.2, 0) is 4.74 Å². The van der Waals surface area contributed by atoms with Crippen molar-refractivity contribution in [3.05, 3.63) is 0 Å². The predicted octanol–water partition coefficient (Wildman–Crippen LogP) is 0.652. The molecule has 2 N–H and O–H groups in total. The monoisotopic (exact) mass is 142 g/mol. The average molecular weight is 142 g/mol. The topological polar surface area (TPSA) is 59.0 Å². The lowest BCUT2D eigenvalue weighted by Gasteiger charge is -2.23. The second-order valence-electron chi connectivity index (χ2n) is 2.90. The molecule has 0 aliphatic heterocycles. The fourth-order valence-electron chi connectivity index (χ4n) is 0.659. The summed E-state index contributed by atoms with van der Waals surface area (Å²) in [6.45, 7) is 3.81. The molecule has 0 aromatic rings. The van der Waals surface area contributed by atoms with Gasteiger partial charge in [0.1, 0.15) is 0 Å². The maximum absolute atomic E-state index is 8.36. The number of ether oxygens (including phenoxy) is 1. The van der Waals surface area contributed by atoms with Crippen molar-refractivity contribution in [2.24, 2.45) is 5.73 Å². The van der Waals surface area contributed by atoms with Crippen LogP contribution in [0.25, 0.3) is 0 Å². The smallest absolute Gasteiger partial charge is 0.0955 e. The van der Waals surface area contributed by atoms with E-state index in [1.807, 2.05) is 19.9 Å². The number of rotatable bonds is 3. The average Bonchev–Trinajstić information content (AvgIpc) is 1.87. The van der Waals surface area contributed by atoms with E-state index in [4.69, 9.17) is 15.7 Å². The molecule has 0 aromatic carbocycles. The van der Waals surface area contributed by atoms with E-state index in [1.54, 1.807) is 7.11 Å². The molecule has 0 fully saturated rings. The third-order valence-corrected chi connectivity index (χ3v) is 1.43. The number of nitriles is 1. The summed E-state index contributed by atoms with van der Waals surface area (Å²) < 4.78 is 5.08. The van der Waals surface area contributed by atoms with Crippen molar-refractivity contribution in [1.29, 1.82) is 5.26 Å². The van der Waals surface area contributed by atoms with E-state index >= 15 is 0 Å². The normalized spacial score (nSPS) is 14.3. The summed E-state index contributed by atoms with van der Waals surface area (Å²) >= 11 is 0. The molecule has 1 unspecified atom stereocenters. The Labute approximate surface area is 61.8 Å². The van der Waals surface area contributed by atoms with Gasteiger partial charge in [0, 0.05) is 13.5 Å². The highest BCUT2D eigenvalue weighted by atomic mass is 16.5. The minimum absolute atomic E-state index is 0.283. The zero-order valence-corrected chi connectivity index (χ0v) is 6.72. The maximum Gasteiger partial charge on any atom is 0.0955 e. The highest BCUT2D eigenvalue weighted by molar-refractivity contribution is 4.91. The molecule has 10 heavy (non-hydrogen) atoms. The Bertz CT molecular complexity index is 137. The molecule has 0 rings (SSSR count). The first-order chi connectivity index (χ1) is 4.52. The zero-order valence-electron chi connectivity index (χ0n) is 6.72. The molecule has 0 aliphatic rings. The molecule has 0 radical (unpaired) electrons. The lowest BCUT2D eigenvalue weighted by Crippen LogP contribution is -2.32. The molecular formula is C7H14N2O. The van der Waals surface area contributed by atoms with Crippen molar-refractivity contribution in [2.45, 2.75) is 31.9 Å². The van der Waals surface area contributed by atoms with Gasteiger partial charge in [-0.3, -0.25) is 0 Å². The quantitative estimate of drug-likeness (QED) is 0.629. The molecule has 3 nitrogen and oxygen atoms in total. The third kappa shape index (κ3) is 3.44. The number of methoxy groups -OCH3 is 1. The summed E-state index contributed by atoms with van der Waals surface area (Å²) in [6.07, 6.45) is 0.569. The highest BCUT2D eigenvalue weighted by Gasteiger charge is 2.19. The molecule has 0 saturated carbocycles. The Morgan fingerprint density at radius 1 is 1.70 bits per heavy atom. The molecule has 0 bridgehead atoms. The Kier molecular flexibility index (Phi) is 3.34. The van der Waals surface area contributed by atoms with Crippen LogP contribution in [0.4, 0.5) is 0 Å². The Balaban J connectivity index is 3.79. The fraction of sp³-hybridized carbons (Fsp3) is 0.857. The van der Waals surface area contributed by atoms with Gasteiger partial charge in [-0.2, -0.15) is 5.26 Å². The van der Waals surface area contributed by atoms with Gasteiger partial charge >= 0.3 is 0 Å². The molecule has 0 spiro atoms. The Morgan fingerprint density at radius 3 is 2.50 bits per heavy atom. The van der Waals surface area contributed by atoms with Gasteiger partial charge in [0.15, 0.2) is 0 Å². The molecule has 0 heterocycles. The van der Waals surface area contributed by atoms with Crippen molar-refractivity contribution in [2.75, 3.05) is 7.11 Å². The first kappa shape index (κ1) is 9.41. The van der Waals surface area contributed by atoms with Crippen LogP contribution in [0.5, 0.6) is 0 Å². The first-order valence-electron chi connectivity index (χ1n) is 3.22. The van der Waals surface area contributed by atoms with E-state index in [9.17, 15) is 0 Å². The van der Waals surface area contributed by atoms with Gasteiger partial charge in [0.2, 0.25) is 0 Å². The van der Waals surface area contributed by atoms with E-state index in [2.05, 4.69) is 0 Å². The van der Waals surface area contributed by atoms with Gasteiger partial charge in [-0.15, -0.1) is 0 Å². The third-order valence-electron chi connectivity index (χ3n) is 1.43. The summed E-state index contributed by atoms with van der Waals surface area (Å²) in [6, 6.07) is 1.53. The maximum atomic E-state index is 8.36. The second-order valence-corrected chi connectivity index (χ2v) is 2.90. The van der Waals surface area contributed by atoms with Gasteiger partial charge in [0.25, 0.3) is 0 Å².